The van der Waals surface area contributed by atoms with Crippen LogP contribution in [0, 0.1) is 10.1 Å². The van der Waals surface area contributed by atoms with Crippen molar-refractivity contribution in [3.8, 4) is 0 Å². The fraction of sp³-hybridized carbons (Fsp3) is 0.500. The summed E-state index contributed by atoms with van der Waals surface area (Å²) >= 11 is 1.29. The maximum absolute atomic E-state index is 11.7. The summed E-state index contributed by atoms with van der Waals surface area (Å²) in [6, 6.07) is 0. The zero-order chi connectivity index (χ0) is 14.3. The van der Waals surface area contributed by atoms with Gasteiger partial charge in [-0.05, 0) is 17.8 Å². The van der Waals surface area contributed by atoms with E-state index in [-0.39, 0.29) is 23.9 Å². The van der Waals surface area contributed by atoms with Crippen LogP contribution in [0.4, 0.5) is 11.6 Å². The normalized spacial score (nSPS) is 21.3. The number of nitro groups is 1. The minimum Gasteiger partial charge on any atom is -0.362 e. The lowest BCUT2D eigenvalue weighted by atomic mass is 10.2. The molecule has 2 aromatic rings. The van der Waals surface area contributed by atoms with Crippen molar-refractivity contribution in [3.63, 3.8) is 0 Å². The molecule has 3 rings (SSSR count). The predicted molar refractivity (Wildman–Crippen MR) is 75.0 cm³/mol. The van der Waals surface area contributed by atoms with Crippen LogP contribution in [0.1, 0.15) is 12.8 Å². The highest BCUT2D eigenvalue weighted by molar-refractivity contribution is 7.92. The summed E-state index contributed by atoms with van der Waals surface area (Å²) in [5.41, 5.74) is 0. The second-order valence-electron chi connectivity index (χ2n) is 4.61. The number of imidazole rings is 1. The van der Waals surface area contributed by atoms with Gasteiger partial charge in [-0.2, -0.15) is 9.38 Å². The fourth-order valence-electron chi connectivity index (χ4n) is 2.36. The number of anilines is 1. The molecule has 0 aliphatic carbocycles. The fourth-order valence-corrected chi connectivity index (χ4v) is 4.84. The van der Waals surface area contributed by atoms with Gasteiger partial charge in [0.25, 0.3) is 4.96 Å². The molecule has 1 saturated heterocycles. The Morgan fingerprint density at radius 3 is 3.05 bits per heavy atom. The zero-order valence-corrected chi connectivity index (χ0v) is 12.0. The van der Waals surface area contributed by atoms with Crippen molar-refractivity contribution in [2.24, 2.45) is 0 Å². The Balaban J connectivity index is 1.86. The number of hydrogen-bond donors (Lipinski definition) is 1. The van der Waals surface area contributed by atoms with Crippen LogP contribution < -0.4 is 5.32 Å². The van der Waals surface area contributed by atoms with E-state index in [1.54, 1.807) is 11.6 Å². The van der Waals surface area contributed by atoms with Gasteiger partial charge in [0.1, 0.15) is 6.20 Å². The second kappa shape index (κ2) is 4.70. The first-order valence-corrected chi connectivity index (χ1v) is 8.64. The van der Waals surface area contributed by atoms with Gasteiger partial charge in [0.15, 0.2) is 9.84 Å². The minimum atomic E-state index is -3.07. The number of rotatable bonds is 4. The molecule has 3 heterocycles. The van der Waals surface area contributed by atoms with Crippen LogP contribution >= 0.6 is 11.3 Å². The van der Waals surface area contributed by atoms with Crippen molar-refractivity contribution in [3.05, 3.63) is 21.7 Å². The first-order chi connectivity index (χ1) is 9.49. The predicted octanol–water partition coefficient (Wildman–Crippen LogP) is 1.29. The Morgan fingerprint density at radius 2 is 2.40 bits per heavy atom. The molecular formula is C10H12N4O4S2. The Bertz CT molecular complexity index is 763. The minimum absolute atomic E-state index is 0.129. The van der Waals surface area contributed by atoms with E-state index in [2.05, 4.69) is 10.3 Å². The molecule has 8 nitrogen and oxygen atoms in total. The summed E-state index contributed by atoms with van der Waals surface area (Å²) in [7, 11) is -3.07. The maximum atomic E-state index is 11.7. The van der Waals surface area contributed by atoms with E-state index in [0.717, 1.165) is 0 Å². The van der Waals surface area contributed by atoms with E-state index in [0.29, 0.717) is 17.8 Å². The third-order valence-corrected chi connectivity index (χ3v) is 6.40. The van der Waals surface area contributed by atoms with Gasteiger partial charge < -0.3 is 15.4 Å². The molecule has 0 amide bonds. The molecule has 10 heteroatoms. The smallest absolute Gasteiger partial charge is 0.362 e. The van der Waals surface area contributed by atoms with Gasteiger partial charge in [-0.25, -0.2) is 8.42 Å². The van der Waals surface area contributed by atoms with E-state index in [1.807, 2.05) is 0 Å². The third-order valence-electron chi connectivity index (χ3n) is 3.37. The Labute approximate surface area is 118 Å². The van der Waals surface area contributed by atoms with Gasteiger partial charge in [-0.1, -0.05) is 11.3 Å². The Morgan fingerprint density at radius 1 is 1.60 bits per heavy atom. The van der Waals surface area contributed by atoms with Gasteiger partial charge >= 0.3 is 5.82 Å². The van der Waals surface area contributed by atoms with Crippen molar-refractivity contribution < 1.29 is 13.3 Å². The lowest BCUT2D eigenvalue weighted by Gasteiger charge is -2.09. The summed E-state index contributed by atoms with van der Waals surface area (Å²) in [5.74, 6) is 0.167. The standard InChI is InChI=1S/C10H12N4O4S2/c15-14(16)9-8(12-10-13(9)3-4-19-10)11-6-7-2-1-5-20(7,17)18/h3-4,7,11H,1-2,5-6H2. The molecule has 1 atom stereocenters. The number of nitrogens with zero attached hydrogens (tertiary/aromatic N) is 3. The van der Waals surface area contributed by atoms with Gasteiger partial charge in [-0.3, -0.25) is 0 Å². The van der Waals surface area contributed by atoms with Crippen molar-refractivity contribution in [1.82, 2.24) is 9.38 Å². The summed E-state index contributed by atoms with van der Waals surface area (Å²) in [6.07, 6.45) is 2.81. The van der Waals surface area contributed by atoms with Gasteiger partial charge in [0, 0.05) is 11.9 Å². The van der Waals surface area contributed by atoms with Crippen LogP contribution in [0.15, 0.2) is 11.6 Å². The first-order valence-electron chi connectivity index (χ1n) is 6.04. The van der Waals surface area contributed by atoms with Crippen LogP contribution in [0.2, 0.25) is 0 Å². The molecular weight excluding hydrogens is 304 g/mol. The van der Waals surface area contributed by atoms with E-state index < -0.39 is 20.0 Å². The SMILES string of the molecule is O=[N+]([O-])c1c(NCC2CCCS2(=O)=O)nc2sccn12. The molecule has 0 bridgehead atoms. The van der Waals surface area contributed by atoms with Crippen LogP contribution in [0.25, 0.3) is 4.96 Å². The first kappa shape index (κ1) is 13.3. The molecule has 0 saturated carbocycles. The topological polar surface area (TPSA) is 107 Å². The Hall–Kier alpha value is -1.68. The number of nitrogens with one attached hydrogen (secondary N) is 1. The van der Waals surface area contributed by atoms with E-state index in [4.69, 9.17) is 0 Å². The highest BCUT2D eigenvalue weighted by Gasteiger charge is 2.32. The summed E-state index contributed by atoms with van der Waals surface area (Å²) < 4.78 is 24.8. The molecule has 0 radical (unpaired) electrons. The quantitative estimate of drug-likeness (QED) is 0.673. The van der Waals surface area contributed by atoms with Crippen LogP contribution in [-0.2, 0) is 9.84 Å². The molecule has 20 heavy (non-hydrogen) atoms. The number of aromatic nitrogens is 2. The van der Waals surface area contributed by atoms with E-state index in [1.165, 1.54) is 15.7 Å². The third kappa shape index (κ3) is 2.14. The largest absolute Gasteiger partial charge is 0.372 e. The van der Waals surface area contributed by atoms with E-state index >= 15 is 0 Å². The summed E-state index contributed by atoms with van der Waals surface area (Å²) in [6.45, 7) is 0.161. The highest BCUT2D eigenvalue weighted by Crippen LogP contribution is 2.29. The van der Waals surface area contributed by atoms with Crippen molar-refractivity contribution in [2.45, 2.75) is 18.1 Å². The molecule has 1 N–H and O–H groups in total. The average Bonchev–Trinajstić information content (AvgIpc) is 2.99. The zero-order valence-electron chi connectivity index (χ0n) is 10.4. The lowest BCUT2D eigenvalue weighted by Crippen LogP contribution is -2.25. The number of fused-ring (bicyclic) bond motifs is 1. The monoisotopic (exact) mass is 316 g/mol. The van der Waals surface area contributed by atoms with Crippen molar-refractivity contribution >= 4 is 37.8 Å². The average molecular weight is 316 g/mol. The summed E-state index contributed by atoms with van der Waals surface area (Å²) in [5, 5.41) is 15.2. The Kier molecular flexibility index (Phi) is 3.13. The number of thiazole rings is 1. The molecule has 2 aromatic heterocycles. The van der Waals surface area contributed by atoms with Crippen LogP contribution in [0.5, 0.6) is 0 Å². The molecule has 1 aliphatic rings. The number of hydrogen-bond acceptors (Lipinski definition) is 7. The maximum Gasteiger partial charge on any atom is 0.372 e. The molecule has 1 fully saturated rings. The molecule has 1 unspecified atom stereocenters. The van der Waals surface area contributed by atoms with Crippen LogP contribution in [0.3, 0.4) is 0 Å². The van der Waals surface area contributed by atoms with Gasteiger partial charge in [0.2, 0.25) is 5.82 Å². The van der Waals surface area contributed by atoms with Gasteiger partial charge in [-0.15, -0.1) is 0 Å². The molecule has 108 valence electrons. The molecule has 1 aliphatic heterocycles. The van der Waals surface area contributed by atoms with Gasteiger partial charge in [0.05, 0.1) is 11.0 Å². The molecule has 0 aromatic carbocycles. The second-order valence-corrected chi connectivity index (χ2v) is 7.88. The molecule has 0 spiro atoms. The number of sulfone groups is 1. The van der Waals surface area contributed by atoms with Crippen molar-refractivity contribution in [1.29, 1.82) is 0 Å². The highest BCUT2D eigenvalue weighted by atomic mass is 32.2. The van der Waals surface area contributed by atoms with Crippen molar-refractivity contribution in [2.75, 3.05) is 17.6 Å². The summed E-state index contributed by atoms with van der Waals surface area (Å²) in [4.78, 5) is 15.2. The van der Waals surface area contributed by atoms with E-state index in [9.17, 15) is 18.5 Å². The lowest BCUT2D eigenvalue weighted by molar-refractivity contribution is -0.389. The van der Waals surface area contributed by atoms with Crippen LogP contribution in [-0.4, -0.2) is 40.3 Å².